The maximum absolute atomic E-state index is 12.2. The molecule has 3 aromatic rings. The largest absolute Gasteiger partial charge is 0.489 e. The number of nitrogens with zero attached hydrogens (tertiary/aromatic N) is 1. The molecule has 0 atom stereocenters. The molecule has 0 bridgehead atoms. The van der Waals surface area contributed by atoms with E-state index in [1.54, 1.807) is 24.4 Å². The van der Waals surface area contributed by atoms with Gasteiger partial charge in [0, 0.05) is 17.6 Å². The van der Waals surface area contributed by atoms with E-state index in [-0.39, 0.29) is 0 Å². The second-order valence-corrected chi connectivity index (χ2v) is 5.45. The second kappa shape index (κ2) is 6.48. The van der Waals surface area contributed by atoms with Crippen LogP contribution in [-0.2, 0) is 0 Å². The third-order valence-corrected chi connectivity index (χ3v) is 3.39. The lowest BCUT2D eigenvalue weighted by Crippen LogP contribution is -2.03. The Hall–Kier alpha value is -2.88. The van der Waals surface area contributed by atoms with Gasteiger partial charge >= 0.3 is 5.63 Å². The van der Waals surface area contributed by atoms with Gasteiger partial charge in [-0.15, -0.1) is 0 Å². The molecule has 0 unspecified atom stereocenters. The molecule has 0 radical (unpaired) electrons. The van der Waals surface area contributed by atoms with Crippen LogP contribution in [0.1, 0.15) is 13.8 Å². The van der Waals surface area contributed by atoms with Crippen molar-refractivity contribution < 1.29 is 9.15 Å². The fourth-order valence-electron chi connectivity index (χ4n) is 2.19. The van der Waals surface area contributed by atoms with Gasteiger partial charge in [0.2, 0.25) is 0 Å². The number of hydrogen-bond acceptors (Lipinski definition) is 4. The number of hydrogen-bond donors (Lipinski definition) is 0. The number of pyridine rings is 1. The quantitative estimate of drug-likeness (QED) is 0.535. The number of benzene rings is 1. The maximum atomic E-state index is 12.2. The Morgan fingerprint density at radius 3 is 2.83 bits per heavy atom. The molecule has 2 aromatic heterocycles. The standard InChI is InChI=1S/C19H17NO3/c1-13(2)8-10-22-15-7-6-14-11-16(17-5-3-4-9-20-17)19(21)23-18(14)12-15/h3-9,11-12H,10H2,1-2H3. The van der Waals surface area contributed by atoms with Crippen LogP contribution in [0.4, 0.5) is 0 Å². The Kier molecular flexibility index (Phi) is 4.24. The van der Waals surface area contributed by atoms with Crippen LogP contribution >= 0.6 is 0 Å². The van der Waals surface area contributed by atoms with E-state index in [0.29, 0.717) is 29.2 Å². The zero-order valence-electron chi connectivity index (χ0n) is 13.1. The van der Waals surface area contributed by atoms with Gasteiger partial charge in [-0.25, -0.2) is 4.79 Å². The van der Waals surface area contributed by atoms with Crippen molar-refractivity contribution in [3.8, 4) is 17.0 Å². The topological polar surface area (TPSA) is 52.3 Å². The van der Waals surface area contributed by atoms with Crippen molar-refractivity contribution in [3.63, 3.8) is 0 Å². The Morgan fingerprint density at radius 1 is 1.22 bits per heavy atom. The normalized spacial score (nSPS) is 10.5. The first kappa shape index (κ1) is 15.0. The number of ether oxygens (including phenoxy) is 1. The summed E-state index contributed by atoms with van der Waals surface area (Å²) in [6, 6.07) is 12.7. The van der Waals surface area contributed by atoms with Gasteiger partial charge < -0.3 is 9.15 Å². The van der Waals surface area contributed by atoms with Crippen LogP contribution in [0.3, 0.4) is 0 Å². The van der Waals surface area contributed by atoms with Gasteiger partial charge in [-0.1, -0.05) is 11.6 Å². The Bertz CT molecular complexity index is 907. The molecule has 4 heteroatoms. The molecule has 0 fully saturated rings. The summed E-state index contributed by atoms with van der Waals surface area (Å²) in [7, 11) is 0. The number of rotatable bonds is 4. The summed E-state index contributed by atoms with van der Waals surface area (Å²) in [5, 5.41) is 0.833. The Labute approximate surface area is 134 Å². The SMILES string of the molecule is CC(C)=CCOc1ccc2cc(-c3ccccn3)c(=O)oc2c1. The molecule has 0 spiro atoms. The van der Waals surface area contributed by atoms with Gasteiger partial charge in [0.05, 0.1) is 11.3 Å². The van der Waals surface area contributed by atoms with E-state index in [0.717, 1.165) is 5.39 Å². The Morgan fingerprint density at radius 2 is 2.09 bits per heavy atom. The summed E-state index contributed by atoms with van der Waals surface area (Å²) < 4.78 is 11.1. The molecule has 0 N–H and O–H groups in total. The fraction of sp³-hybridized carbons (Fsp3) is 0.158. The monoisotopic (exact) mass is 307 g/mol. The summed E-state index contributed by atoms with van der Waals surface area (Å²) in [6.45, 7) is 4.52. The minimum absolute atomic E-state index is 0.405. The van der Waals surface area contributed by atoms with Crippen LogP contribution in [0.25, 0.3) is 22.2 Å². The summed E-state index contributed by atoms with van der Waals surface area (Å²) in [4.78, 5) is 16.4. The minimum Gasteiger partial charge on any atom is -0.489 e. The van der Waals surface area contributed by atoms with Gasteiger partial charge in [-0.05, 0) is 50.3 Å². The fourth-order valence-corrected chi connectivity index (χ4v) is 2.19. The van der Waals surface area contributed by atoms with Crippen LogP contribution in [0.15, 0.2) is 69.5 Å². The molecule has 0 aliphatic heterocycles. The lowest BCUT2D eigenvalue weighted by molar-refractivity contribution is 0.361. The number of fused-ring (bicyclic) bond motifs is 1. The van der Waals surface area contributed by atoms with Crippen molar-refractivity contribution in [2.75, 3.05) is 6.61 Å². The van der Waals surface area contributed by atoms with Crippen LogP contribution < -0.4 is 10.4 Å². The first-order chi connectivity index (χ1) is 11.1. The van der Waals surface area contributed by atoms with E-state index >= 15 is 0 Å². The lowest BCUT2D eigenvalue weighted by atomic mass is 10.1. The first-order valence-corrected chi connectivity index (χ1v) is 7.39. The molecule has 0 aliphatic rings. The van der Waals surface area contributed by atoms with Crippen LogP contribution in [0.5, 0.6) is 5.75 Å². The highest BCUT2D eigenvalue weighted by Gasteiger charge is 2.09. The van der Waals surface area contributed by atoms with Gasteiger partial charge in [0.15, 0.2) is 0 Å². The average Bonchev–Trinajstić information content (AvgIpc) is 2.54. The molecule has 4 nitrogen and oxygen atoms in total. The van der Waals surface area contributed by atoms with Gasteiger partial charge in [-0.2, -0.15) is 0 Å². The molecule has 2 heterocycles. The van der Waals surface area contributed by atoms with E-state index in [9.17, 15) is 4.79 Å². The molecule has 3 rings (SSSR count). The molecule has 0 saturated carbocycles. The highest BCUT2D eigenvalue weighted by Crippen LogP contribution is 2.23. The summed E-state index contributed by atoms with van der Waals surface area (Å²) in [6.07, 6.45) is 3.64. The van der Waals surface area contributed by atoms with E-state index in [2.05, 4.69) is 4.98 Å². The number of aromatic nitrogens is 1. The molecule has 116 valence electrons. The second-order valence-electron chi connectivity index (χ2n) is 5.45. The van der Waals surface area contributed by atoms with Gasteiger partial charge in [0.25, 0.3) is 0 Å². The molecule has 0 amide bonds. The zero-order chi connectivity index (χ0) is 16.2. The highest BCUT2D eigenvalue weighted by molar-refractivity contribution is 5.82. The van der Waals surface area contributed by atoms with Crippen molar-refractivity contribution >= 4 is 11.0 Å². The minimum atomic E-state index is -0.405. The van der Waals surface area contributed by atoms with Gasteiger partial charge in [0.1, 0.15) is 17.9 Å². The maximum Gasteiger partial charge on any atom is 0.345 e. The summed E-state index contributed by atoms with van der Waals surface area (Å²) in [5.41, 5.74) is 2.35. The third-order valence-electron chi connectivity index (χ3n) is 3.39. The smallest absolute Gasteiger partial charge is 0.345 e. The predicted molar refractivity (Wildman–Crippen MR) is 90.6 cm³/mol. The molecule has 0 aliphatic carbocycles. The molecule has 0 saturated heterocycles. The van der Waals surface area contributed by atoms with Crippen LogP contribution in [0.2, 0.25) is 0 Å². The lowest BCUT2D eigenvalue weighted by Gasteiger charge is -2.06. The predicted octanol–water partition coefficient (Wildman–Crippen LogP) is 4.20. The molecule has 23 heavy (non-hydrogen) atoms. The van der Waals surface area contributed by atoms with Crippen LogP contribution in [-0.4, -0.2) is 11.6 Å². The average molecular weight is 307 g/mol. The highest BCUT2D eigenvalue weighted by atomic mass is 16.5. The summed E-state index contributed by atoms with van der Waals surface area (Å²) in [5.74, 6) is 0.670. The van der Waals surface area contributed by atoms with Crippen molar-refractivity contribution in [1.82, 2.24) is 4.98 Å². The van der Waals surface area contributed by atoms with Crippen molar-refractivity contribution in [3.05, 3.63) is 70.7 Å². The van der Waals surface area contributed by atoms with Crippen LogP contribution in [0, 0.1) is 0 Å². The Balaban J connectivity index is 1.96. The number of allylic oxidation sites excluding steroid dienone is 1. The van der Waals surface area contributed by atoms with Crippen molar-refractivity contribution in [1.29, 1.82) is 0 Å². The zero-order valence-corrected chi connectivity index (χ0v) is 13.1. The molecule has 1 aromatic carbocycles. The molecular weight excluding hydrogens is 290 g/mol. The van der Waals surface area contributed by atoms with E-state index < -0.39 is 5.63 Å². The van der Waals surface area contributed by atoms with E-state index in [1.165, 1.54) is 5.57 Å². The third kappa shape index (κ3) is 3.48. The summed E-state index contributed by atoms with van der Waals surface area (Å²) >= 11 is 0. The van der Waals surface area contributed by atoms with E-state index in [4.69, 9.17) is 9.15 Å². The van der Waals surface area contributed by atoms with Crippen molar-refractivity contribution in [2.24, 2.45) is 0 Å². The first-order valence-electron chi connectivity index (χ1n) is 7.39. The van der Waals surface area contributed by atoms with Gasteiger partial charge in [-0.3, -0.25) is 4.98 Å². The van der Waals surface area contributed by atoms with Crippen molar-refractivity contribution in [2.45, 2.75) is 13.8 Å². The van der Waals surface area contributed by atoms with E-state index in [1.807, 2.05) is 44.2 Å². The molecular formula is C19H17NO3.